The van der Waals surface area contributed by atoms with E-state index in [0.717, 1.165) is 37.4 Å². The minimum Gasteiger partial charge on any atom is -0.369 e. The van der Waals surface area contributed by atoms with Crippen molar-refractivity contribution in [1.82, 2.24) is 9.88 Å². The first-order valence-electron chi connectivity index (χ1n) is 5.62. The first-order chi connectivity index (χ1) is 8.19. The van der Waals surface area contributed by atoms with Gasteiger partial charge in [-0.25, -0.2) is 0 Å². The number of nitrogens with zero attached hydrogens (tertiary/aromatic N) is 2. The number of carbonyl (C=O) groups excluding carboxylic acids is 1. The van der Waals surface area contributed by atoms with Crippen LogP contribution in [0.15, 0.2) is 18.3 Å². The van der Waals surface area contributed by atoms with Crippen LogP contribution < -0.4 is 17.0 Å². The number of hydrogen-bond donors (Lipinski definition) is 3. The van der Waals surface area contributed by atoms with E-state index in [1.54, 1.807) is 12.3 Å². The third kappa shape index (κ3) is 2.92. The summed E-state index contributed by atoms with van der Waals surface area (Å²) in [6, 6.07) is 3.71. The summed E-state index contributed by atoms with van der Waals surface area (Å²) in [5.74, 6) is 5.10. The predicted molar refractivity (Wildman–Crippen MR) is 64.6 cm³/mol. The molecule has 1 unspecified atom stereocenters. The number of nitrogens with one attached hydrogen (secondary N) is 1. The number of primary amides is 1. The van der Waals surface area contributed by atoms with E-state index in [4.69, 9.17) is 11.6 Å². The maximum Gasteiger partial charge on any atom is 0.221 e. The standard InChI is InChI=1S/C11H17N5O/c12-11(17)8-2-4-16(6-8)7-10-5-9(15-13)1-3-14-10/h1,3,5,8H,2,4,6-7,13H2,(H2,12,17)(H,14,15). The molecule has 17 heavy (non-hydrogen) atoms. The lowest BCUT2D eigenvalue weighted by molar-refractivity contribution is -0.121. The number of aromatic nitrogens is 1. The Labute approximate surface area is 100.0 Å². The Morgan fingerprint density at radius 2 is 2.47 bits per heavy atom. The molecule has 6 heteroatoms. The van der Waals surface area contributed by atoms with Crippen LogP contribution in [0.2, 0.25) is 0 Å². The van der Waals surface area contributed by atoms with Gasteiger partial charge in [-0.2, -0.15) is 0 Å². The minimum absolute atomic E-state index is 0.0224. The van der Waals surface area contributed by atoms with E-state index in [0.29, 0.717) is 0 Å². The van der Waals surface area contributed by atoms with Crippen LogP contribution in [0.4, 0.5) is 5.69 Å². The number of hydrogen-bond acceptors (Lipinski definition) is 5. The highest BCUT2D eigenvalue weighted by Gasteiger charge is 2.26. The highest BCUT2D eigenvalue weighted by atomic mass is 16.1. The summed E-state index contributed by atoms with van der Waals surface area (Å²) >= 11 is 0. The van der Waals surface area contributed by atoms with Crippen LogP contribution in [0.1, 0.15) is 12.1 Å². The molecule has 0 aliphatic carbocycles. The van der Waals surface area contributed by atoms with Gasteiger partial charge >= 0.3 is 0 Å². The van der Waals surface area contributed by atoms with E-state index < -0.39 is 0 Å². The van der Waals surface area contributed by atoms with Gasteiger partial charge in [-0.1, -0.05) is 0 Å². The second-order valence-electron chi connectivity index (χ2n) is 4.30. The molecule has 0 aromatic carbocycles. The third-order valence-electron chi connectivity index (χ3n) is 3.04. The second-order valence-corrected chi connectivity index (χ2v) is 4.30. The van der Waals surface area contributed by atoms with Crippen molar-refractivity contribution >= 4 is 11.6 Å². The minimum atomic E-state index is -0.210. The summed E-state index contributed by atoms with van der Waals surface area (Å²) in [6.07, 6.45) is 2.55. The first-order valence-corrected chi connectivity index (χ1v) is 5.62. The molecule has 1 aliphatic rings. The number of amides is 1. The maximum atomic E-state index is 11.1. The molecule has 6 nitrogen and oxygen atoms in total. The van der Waals surface area contributed by atoms with Crippen LogP contribution in [0.3, 0.4) is 0 Å². The van der Waals surface area contributed by atoms with Crippen molar-refractivity contribution in [3.63, 3.8) is 0 Å². The molecule has 5 N–H and O–H groups in total. The number of anilines is 1. The van der Waals surface area contributed by atoms with Crippen LogP contribution in [0.5, 0.6) is 0 Å². The fourth-order valence-electron chi connectivity index (χ4n) is 2.09. The Bertz CT molecular complexity index is 409. The van der Waals surface area contributed by atoms with Crippen LogP contribution in [0.25, 0.3) is 0 Å². The number of rotatable bonds is 4. The van der Waals surface area contributed by atoms with Crippen LogP contribution in [0, 0.1) is 5.92 Å². The van der Waals surface area contributed by atoms with Crippen molar-refractivity contribution in [3.05, 3.63) is 24.0 Å². The number of pyridine rings is 1. The van der Waals surface area contributed by atoms with E-state index in [9.17, 15) is 4.79 Å². The lowest BCUT2D eigenvalue weighted by Crippen LogP contribution is -2.27. The fraction of sp³-hybridized carbons (Fsp3) is 0.455. The van der Waals surface area contributed by atoms with Crippen LogP contribution in [-0.4, -0.2) is 28.9 Å². The van der Waals surface area contributed by atoms with Crippen molar-refractivity contribution in [3.8, 4) is 0 Å². The van der Waals surface area contributed by atoms with Crippen molar-refractivity contribution in [1.29, 1.82) is 0 Å². The largest absolute Gasteiger partial charge is 0.369 e. The van der Waals surface area contributed by atoms with E-state index in [1.165, 1.54) is 0 Å². The van der Waals surface area contributed by atoms with Gasteiger partial charge in [0.05, 0.1) is 17.3 Å². The lowest BCUT2D eigenvalue weighted by atomic mass is 10.1. The smallest absolute Gasteiger partial charge is 0.221 e. The Morgan fingerprint density at radius 1 is 1.65 bits per heavy atom. The van der Waals surface area contributed by atoms with Gasteiger partial charge in [-0.15, -0.1) is 0 Å². The van der Waals surface area contributed by atoms with Crippen LogP contribution >= 0.6 is 0 Å². The van der Waals surface area contributed by atoms with Gasteiger partial charge in [0.25, 0.3) is 0 Å². The average Bonchev–Trinajstić information content (AvgIpc) is 2.78. The van der Waals surface area contributed by atoms with Gasteiger partial charge in [0.2, 0.25) is 5.91 Å². The summed E-state index contributed by atoms with van der Waals surface area (Å²) in [5.41, 5.74) is 9.65. The van der Waals surface area contributed by atoms with Crippen molar-refractivity contribution < 1.29 is 4.79 Å². The zero-order chi connectivity index (χ0) is 12.3. The molecule has 0 spiro atoms. The van der Waals surface area contributed by atoms with Crippen LogP contribution in [-0.2, 0) is 11.3 Å². The van der Waals surface area contributed by atoms with Crippen molar-refractivity contribution in [2.24, 2.45) is 17.5 Å². The molecular weight excluding hydrogens is 218 g/mol. The average molecular weight is 235 g/mol. The summed E-state index contributed by atoms with van der Waals surface area (Å²) in [6.45, 7) is 2.33. The normalized spacial score (nSPS) is 20.4. The quantitative estimate of drug-likeness (QED) is 0.490. The Hall–Kier alpha value is -1.66. The van der Waals surface area contributed by atoms with Gasteiger partial charge in [0.15, 0.2) is 0 Å². The van der Waals surface area contributed by atoms with E-state index in [2.05, 4.69) is 15.3 Å². The van der Waals surface area contributed by atoms with Gasteiger partial charge in [0, 0.05) is 19.3 Å². The molecule has 0 bridgehead atoms. The maximum absolute atomic E-state index is 11.1. The van der Waals surface area contributed by atoms with Crippen molar-refractivity contribution in [2.75, 3.05) is 18.5 Å². The zero-order valence-electron chi connectivity index (χ0n) is 9.60. The second kappa shape index (κ2) is 5.11. The molecule has 0 saturated carbocycles. The highest BCUT2D eigenvalue weighted by Crippen LogP contribution is 2.18. The molecule has 1 amide bonds. The number of likely N-dealkylation sites (tertiary alicyclic amines) is 1. The van der Waals surface area contributed by atoms with E-state index in [-0.39, 0.29) is 11.8 Å². The van der Waals surface area contributed by atoms with Gasteiger partial charge in [0.1, 0.15) is 0 Å². The first kappa shape index (κ1) is 11.8. The molecule has 2 rings (SSSR count). The molecular formula is C11H17N5O. The molecule has 1 fully saturated rings. The fourth-order valence-corrected chi connectivity index (χ4v) is 2.09. The number of carbonyl (C=O) groups is 1. The summed E-state index contributed by atoms with van der Waals surface area (Å²) in [4.78, 5) is 17.5. The molecule has 1 aliphatic heterocycles. The van der Waals surface area contributed by atoms with Gasteiger partial charge in [-0.3, -0.25) is 20.5 Å². The molecule has 1 aromatic rings. The SMILES string of the molecule is NNc1ccnc(CN2CCC(C(N)=O)C2)c1. The van der Waals surface area contributed by atoms with Gasteiger partial charge in [-0.05, 0) is 25.1 Å². The molecule has 0 radical (unpaired) electrons. The molecule has 2 heterocycles. The molecule has 1 atom stereocenters. The highest BCUT2D eigenvalue weighted by molar-refractivity contribution is 5.77. The molecule has 92 valence electrons. The van der Waals surface area contributed by atoms with Gasteiger partial charge < -0.3 is 11.2 Å². The molecule has 1 saturated heterocycles. The number of nitrogens with two attached hydrogens (primary N) is 2. The topological polar surface area (TPSA) is 97.3 Å². The summed E-state index contributed by atoms with van der Waals surface area (Å²) in [5, 5.41) is 0. The Balaban J connectivity index is 1.95. The predicted octanol–water partition coefficient (Wildman–Crippen LogP) is -0.326. The van der Waals surface area contributed by atoms with Crippen molar-refractivity contribution in [2.45, 2.75) is 13.0 Å². The summed E-state index contributed by atoms with van der Waals surface area (Å²) in [7, 11) is 0. The monoisotopic (exact) mass is 235 g/mol. The van der Waals surface area contributed by atoms with E-state index in [1.807, 2.05) is 6.07 Å². The molecule has 1 aromatic heterocycles. The Morgan fingerprint density at radius 3 is 3.12 bits per heavy atom. The third-order valence-corrected chi connectivity index (χ3v) is 3.04. The lowest BCUT2D eigenvalue weighted by Gasteiger charge is -2.15. The Kier molecular flexibility index (Phi) is 3.55. The summed E-state index contributed by atoms with van der Waals surface area (Å²) < 4.78 is 0. The van der Waals surface area contributed by atoms with E-state index >= 15 is 0 Å². The number of hydrazine groups is 1. The number of nitrogen functional groups attached to an aromatic ring is 1. The zero-order valence-corrected chi connectivity index (χ0v) is 9.60.